The van der Waals surface area contributed by atoms with Crippen molar-refractivity contribution in [2.45, 2.75) is 25.3 Å². The zero-order valence-corrected chi connectivity index (χ0v) is 9.53. The number of nitrogens with one attached hydrogen (secondary N) is 1. The second-order valence-electron chi connectivity index (χ2n) is 4.15. The van der Waals surface area contributed by atoms with E-state index in [1.165, 1.54) is 6.42 Å². The summed E-state index contributed by atoms with van der Waals surface area (Å²) in [5.41, 5.74) is 0.773. The first kappa shape index (κ1) is 11.1. The van der Waals surface area contributed by atoms with Gasteiger partial charge in [0.2, 0.25) is 0 Å². The molecule has 1 aliphatic rings. The molecule has 0 saturated carbocycles. The van der Waals surface area contributed by atoms with Gasteiger partial charge in [-0.3, -0.25) is 4.79 Å². The van der Waals surface area contributed by atoms with Crippen molar-refractivity contribution in [2.24, 2.45) is 0 Å². The molecule has 1 unspecified atom stereocenters. The molecule has 0 spiro atoms. The first-order valence-corrected chi connectivity index (χ1v) is 5.70. The average molecular weight is 219 g/mol. The lowest BCUT2D eigenvalue weighted by Crippen LogP contribution is -2.24. The smallest absolute Gasteiger partial charge is 0.164 e. The summed E-state index contributed by atoms with van der Waals surface area (Å²) in [6.45, 7) is 1.04. The Balaban J connectivity index is 1.97. The molecular formula is C13H17NO2. The van der Waals surface area contributed by atoms with Gasteiger partial charge in [-0.15, -0.1) is 0 Å². The molecule has 1 fully saturated rings. The van der Waals surface area contributed by atoms with E-state index in [2.05, 4.69) is 5.32 Å². The van der Waals surface area contributed by atoms with Gasteiger partial charge in [-0.25, -0.2) is 0 Å². The molecule has 0 radical (unpaired) electrons. The minimum Gasteiger partial charge on any atom is -0.497 e. The van der Waals surface area contributed by atoms with Gasteiger partial charge in [-0.05, 0) is 43.7 Å². The normalized spacial score (nSPS) is 19.7. The van der Waals surface area contributed by atoms with E-state index in [-0.39, 0.29) is 5.78 Å². The fraction of sp³-hybridized carbons (Fsp3) is 0.462. The maximum atomic E-state index is 11.9. The summed E-state index contributed by atoms with van der Waals surface area (Å²) in [7, 11) is 1.62. The molecule has 1 aromatic rings. The number of hydrogen-bond acceptors (Lipinski definition) is 3. The van der Waals surface area contributed by atoms with Crippen LogP contribution in [0.1, 0.15) is 29.6 Å². The van der Waals surface area contributed by atoms with Crippen molar-refractivity contribution in [3.63, 3.8) is 0 Å². The van der Waals surface area contributed by atoms with E-state index in [4.69, 9.17) is 4.74 Å². The van der Waals surface area contributed by atoms with Gasteiger partial charge in [0.05, 0.1) is 7.11 Å². The minimum atomic E-state index is 0.210. The highest BCUT2D eigenvalue weighted by Gasteiger charge is 2.18. The van der Waals surface area contributed by atoms with E-state index in [0.29, 0.717) is 12.5 Å². The molecule has 1 aromatic carbocycles. The monoisotopic (exact) mass is 219 g/mol. The van der Waals surface area contributed by atoms with Crippen LogP contribution in [-0.4, -0.2) is 25.5 Å². The summed E-state index contributed by atoms with van der Waals surface area (Å²) < 4.78 is 5.06. The van der Waals surface area contributed by atoms with Gasteiger partial charge in [0, 0.05) is 18.0 Å². The van der Waals surface area contributed by atoms with Crippen LogP contribution in [0.3, 0.4) is 0 Å². The summed E-state index contributed by atoms with van der Waals surface area (Å²) in [5, 5.41) is 3.33. The second-order valence-corrected chi connectivity index (χ2v) is 4.15. The summed E-state index contributed by atoms with van der Waals surface area (Å²) in [6, 6.07) is 7.69. The summed E-state index contributed by atoms with van der Waals surface area (Å²) >= 11 is 0. The quantitative estimate of drug-likeness (QED) is 0.787. The molecule has 3 nitrogen and oxygen atoms in total. The van der Waals surface area contributed by atoms with Crippen LogP contribution in [0.25, 0.3) is 0 Å². The zero-order valence-electron chi connectivity index (χ0n) is 9.53. The summed E-state index contributed by atoms with van der Waals surface area (Å²) in [4.78, 5) is 11.9. The van der Waals surface area contributed by atoms with Crippen LogP contribution in [0.15, 0.2) is 24.3 Å². The highest BCUT2D eigenvalue weighted by molar-refractivity contribution is 5.96. The summed E-state index contributed by atoms with van der Waals surface area (Å²) in [6.07, 6.45) is 2.90. The fourth-order valence-corrected chi connectivity index (χ4v) is 2.05. The minimum absolute atomic E-state index is 0.210. The number of rotatable bonds is 4. The fourth-order valence-electron chi connectivity index (χ4n) is 2.05. The van der Waals surface area contributed by atoms with Crippen molar-refractivity contribution in [1.82, 2.24) is 5.32 Å². The Labute approximate surface area is 95.8 Å². The van der Waals surface area contributed by atoms with E-state index < -0.39 is 0 Å². The average Bonchev–Trinajstić information content (AvgIpc) is 2.82. The second kappa shape index (κ2) is 5.12. The van der Waals surface area contributed by atoms with Crippen molar-refractivity contribution in [3.05, 3.63) is 29.8 Å². The molecular weight excluding hydrogens is 202 g/mol. The Morgan fingerprint density at radius 1 is 1.44 bits per heavy atom. The maximum Gasteiger partial charge on any atom is 0.164 e. The maximum absolute atomic E-state index is 11.9. The first-order chi connectivity index (χ1) is 7.79. The van der Waals surface area contributed by atoms with Gasteiger partial charge < -0.3 is 10.1 Å². The Hall–Kier alpha value is -1.35. The molecule has 0 aliphatic carbocycles. The molecule has 16 heavy (non-hydrogen) atoms. The van der Waals surface area contributed by atoms with Crippen LogP contribution >= 0.6 is 0 Å². The van der Waals surface area contributed by atoms with Gasteiger partial charge in [-0.1, -0.05) is 0 Å². The lowest BCUT2D eigenvalue weighted by atomic mass is 10.0. The highest BCUT2D eigenvalue weighted by atomic mass is 16.5. The number of ether oxygens (including phenoxy) is 1. The SMILES string of the molecule is COc1ccc(C(=O)CC2CCCN2)cc1. The third-order valence-corrected chi connectivity index (χ3v) is 3.01. The van der Waals surface area contributed by atoms with Crippen LogP contribution in [0.2, 0.25) is 0 Å². The molecule has 1 saturated heterocycles. The van der Waals surface area contributed by atoms with Crippen molar-refractivity contribution in [2.75, 3.05) is 13.7 Å². The van der Waals surface area contributed by atoms with Crippen LogP contribution in [0.4, 0.5) is 0 Å². The standard InChI is InChI=1S/C13H17NO2/c1-16-12-6-4-10(5-7-12)13(15)9-11-3-2-8-14-11/h4-7,11,14H,2-3,8-9H2,1H3. The molecule has 0 aromatic heterocycles. The molecule has 3 heteroatoms. The Morgan fingerprint density at radius 2 is 2.19 bits per heavy atom. The summed E-state index contributed by atoms with van der Waals surface area (Å²) in [5.74, 6) is 0.998. The van der Waals surface area contributed by atoms with Crippen molar-refractivity contribution in [3.8, 4) is 5.75 Å². The Bertz CT molecular complexity index is 353. The lowest BCUT2D eigenvalue weighted by Gasteiger charge is -2.09. The third-order valence-electron chi connectivity index (χ3n) is 3.01. The van der Waals surface area contributed by atoms with E-state index in [1.54, 1.807) is 7.11 Å². The molecule has 0 bridgehead atoms. The Morgan fingerprint density at radius 3 is 2.75 bits per heavy atom. The van der Waals surface area contributed by atoms with Crippen LogP contribution in [0.5, 0.6) is 5.75 Å². The number of carbonyl (C=O) groups is 1. The molecule has 1 heterocycles. The van der Waals surface area contributed by atoms with Gasteiger partial charge in [-0.2, -0.15) is 0 Å². The number of hydrogen-bond donors (Lipinski definition) is 1. The molecule has 0 amide bonds. The third kappa shape index (κ3) is 2.61. The largest absolute Gasteiger partial charge is 0.497 e. The molecule has 1 N–H and O–H groups in total. The number of benzene rings is 1. The lowest BCUT2D eigenvalue weighted by molar-refractivity contribution is 0.0971. The van der Waals surface area contributed by atoms with E-state index >= 15 is 0 Å². The molecule has 86 valence electrons. The van der Waals surface area contributed by atoms with Gasteiger partial charge >= 0.3 is 0 Å². The first-order valence-electron chi connectivity index (χ1n) is 5.70. The van der Waals surface area contributed by atoms with Crippen LogP contribution in [-0.2, 0) is 0 Å². The number of methoxy groups -OCH3 is 1. The molecule has 1 atom stereocenters. The molecule has 1 aliphatic heterocycles. The molecule has 2 rings (SSSR count). The van der Waals surface area contributed by atoms with E-state index in [1.807, 2.05) is 24.3 Å². The van der Waals surface area contributed by atoms with Gasteiger partial charge in [0.25, 0.3) is 0 Å². The van der Waals surface area contributed by atoms with E-state index in [9.17, 15) is 4.79 Å². The van der Waals surface area contributed by atoms with Crippen LogP contribution in [0, 0.1) is 0 Å². The van der Waals surface area contributed by atoms with Crippen molar-refractivity contribution in [1.29, 1.82) is 0 Å². The van der Waals surface area contributed by atoms with Crippen molar-refractivity contribution < 1.29 is 9.53 Å². The Kier molecular flexibility index (Phi) is 3.57. The predicted molar refractivity (Wildman–Crippen MR) is 63.0 cm³/mol. The number of ketones is 1. The number of carbonyl (C=O) groups excluding carboxylic acids is 1. The highest BCUT2D eigenvalue weighted by Crippen LogP contribution is 2.16. The topological polar surface area (TPSA) is 38.3 Å². The van der Waals surface area contributed by atoms with Crippen molar-refractivity contribution >= 4 is 5.78 Å². The van der Waals surface area contributed by atoms with E-state index in [0.717, 1.165) is 24.3 Å². The predicted octanol–water partition coefficient (Wildman–Crippen LogP) is 2.02. The van der Waals surface area contributed by atoms with Gasteiger partial charge in [0.1, 0.15) is 5.75 Å². The van der Waals surface area contributed by atoms with Gasteiger partial charge in [0.15, 0.2) is 5.78 Å². The number of Topliss-reactive ketones (excluding diaryl/α,β-unsaturated/α-hetero) is 1. The van der Waals surface area contributed by atoms with Crippen LogP contribution < -0.4 is 10.1 Å². The zero-order chi connectivity index (χ0) is 11.4.